The molecule has 0 fully saturated rings. The molecule has 0 spiro atoms. The van der Waals surface area contributed by atoms with Gasteiger partial charge >= 0.3 is 6.18 Å². The minimum absolute atomic E-state index is 0.0400. The van der Waals surface area contributed by atoms with Crippen LogP contribution < -0.4 is 5.32 Å². The first-order valence-electron chi connectivity index (χ1n) is 6.88. The van der Waals surface area contributed by atoms with Gasteiger partial charge in [-0.05, 0) is 25.1 Å². The Morgan fingerprint density at radius 2 is 2.04 bits per heavy atom. The first-order chi connectivity index (χ1) is 11.7. The molecule has 1 aromatic heterocycles. The van der Waals surface area contributed by atoms with Crippen molar-refractivity contribution < 1.29 is 22.4 Å². The van der Waals surface area contributed by atoms with Gasteiger partial charge in [-0.3, -0.25) is 4.79 Å². The average Bonchev–Trinajstić information content (AvgIpc) is 2.53. The highest BCUT2D eigenvalue weighted by molar-refractivity contribution is 8.00. The number of hydrogen-bond donors (Lipinski definition) is 1. The molecule has 0 aliphatic carbocycles. The van der Waals surface area contributed by atoms with Crippen molar-refractivity contribution in [1.29, 1.82) is 5.26 Å². The summed E-state index contributed by atoms with van der Waals surface area (Å²) in [6.45, 7) is 1.36. The van der Waals surface area contributed by atoms with Crippen molar-refractivity contribution in [2.45, 2.75) is 18.1 Å². The van der Waals surface area contributed by atoms with Crippen LogP contribution in [0.4, 0.5) is 23.2 Å². The van der Waals surface area contributed by atoms with Crippen molar-refractivity contribution >= 4 is 23.4 Å². The summed E-state index contributed by atoms with van der Waals surface area (Å²) >= 11 is 0.681. The number of anilines is 1. The highest BCUT2D eigenvalue weighted by Crippen LogP contribution is 2.35. The molecule has 0 aliphatic rings. The number of nitrogens with one attached hydrogen (secondary N) is 1. The third kappa shape index (κ3) is 4.70. The Bertz CT molecular complexity index is 846. The summed E-state index contributed by atoms with van der Waals surface area (Å²) in [7, 11) is 0. The van der Waals surface area contributed by atoms with Crippen LogP contribution >= 0.6 is 11.8 Å². The number of hydrogen-bond acceptors (Lipinski definition) is 4. The molecule has 0 bridgehead atoms. The number of alkyl halides is 3. The molecule has 2 rings (SSSR count). The summed E-state index contributed by atoms with van der Waals surface area (Å²) in [6, 6.07) is 7.76. The number of carbonyl (C=O) groups is 1. The summed E-state index contributed by atoms with van der Waals surface area (Å²) < 4.78 is 52.5. The van der Waals surface area contributed by atoms with Crippen LogP contribution in [0.2, 0.25) is 0 Å². The molecular formula is C16H11F4N3OS. The quantitative estimate of drug-likeness (QED) is 0.649. The van der Waals surface area contributed by atoms with Gasteiger partial charge < -0.3 is 5.32 Å². The van der Waals surface area contributed by atoms with Crippen molar-refractivity contribution in [2.24, 2.45) is 0 Å². The van der Waals surface area contributed by atoms with Gasteiger partial charge in [-0.1, -0.05) is 23.9 Å². The van der Waals surface area contributed by atoms with Crippen molar-refractivity contribution in [3.05, 3.63) is 53.0 Å². The molecule has 4 nitrogen and oxygen atoms in total. The minimum atomic E-state index is -4.70. The predicted octanol–water partition coefficient (Wildman–Crippen LogP) is 4.15. The van der Waals surface area contributed by atoms with Crippen LogP contribution in [0.15, 0.2) is 35.4 Å². The standard InChI is InChI=1S/C16H11F4N3OS/c1-9-6-11(16(18,19)20)10(7-21)15(22-9)25-8-14(24)23-13-5-3-2-4-12(13)17/h2-6H,8H2,1H3,(H,23,24). The molecule has 0 saturated heterocycles. The number of para-hydroxylation sites is 1. The molecule has 2 aromatic rings. The fraction of sp³-hybridized carbons (Fsp3) is 0.188. The maximum absolute atomic E-state index is 13.5. The van der Waals surface area contributed by atoms with E-state index in [4.69, 9.17) is 5.26 Å². The number of amides is 1. The number of aromatic nitrogens is 1. The maximum atomic E-state index is 13.5. The number of rotatable bonds is 4. The van der Waals surface area contributed by atoms with Crippen molar-refractivity contribution in [2.75, 3.05) is 11.1 Å². The van der Waals surface area contributed by atoms with Crippen LogP contribution in [-0.4, -0.2) is 16.6 Å². The van der Waals surface area contributed by atoms with Crippen molar-refractivity contribution in [1.82, 2.24) is 4.98 Å². The Kier molecular flexibility index (Phi) is 5.64. The summed E-state index contributed by atoms with van der Waals surface area (Å²) in [5, 5.41) is 11.2. The maximum Gasteiger partial charge on any atom is 0.417 e. The van der Waals surface area contributed by atoms with Gasteiger partial charge in [0.1, 0.15) is 16.9 Å². The van der Waals surface area contributed by atoms with Gasteiger partial charge in [-0.2, -0.15) is 18.4 Å². The lowest BCUT2D eigenvalue weighted by Crippen LogP contribution is -2.16. The molecule has 1 amide bonds. The largest absolute Gasteiger partial charge is 0.417 e. The zero-order chi connectivity index (χ0) is 18.6. The summed E-state index contributed by atoms with van der Waals surface area (Å²) in [5.41, 5.74) is -1.70. The van der Waals surface area contributed by atoms with Crippen molar-refractivity contribution in [3.8, 4) is 6.07 Å². The van der Waals surface area contributed by atoms with Crippen LogP contribution in [0.3, 0.4) is 0 Å². The highest BCUT2D eigenvalue weighted by atomic mass is 32.2. The van der Waals surface area contributed by atoms with Gasteiger partial charge in [0.05, 0.1) is 22.6 Å². The molecule has 0 radical (unpaired) electrons. The number of nitriles is 1. The van der Waals surface area contributed by atoms with E-state index in [1.54, 1.807) is 0 Å². The third-order valence-electron chi connectivity index (χ3n) is 3.02. The van der Waals surface area contributed by atoms with Gasteiger partial charge in [0.2, 0.25) is 5.91 Å². The van der Waals surface area contributed by atoms with E-state index in [1.807, 2.05) is 0 Å². The number of halogens is 4. The molecule has 0 atom stereocenters. The number of pyridine rings is 1. The van der Waals surface area contributed by atoms with Gasteiger partial charge in [0.25, 0.3) is 0 Å². The minimum Gasteiger partial charge on any atom is -0.323 e. The Hall–Kier alpha value is -2.60. The monoisotopic (exact) mass is 369 g/mol. The first-order valence-corrected chi connectivity index (χ1v) is 7.87. The Morgan fingerprint density at radius 3 is 2.64 bits per heavy atom. The van der Waals surface area contributed by atoms with E-state index in [9.17, 15) is 22.4 Å². The van der Waals surface area contributed by atoms with Crippen LogP contribution in [0.25, 0.3) is 0 Å². The molecule has 0 saturated carbocycles. The smallest absolute Gasteiger partial charge is 0.323 e. The van der Waals surface area contributed by atoms with E-state index in [0.29, 0.717) is 11.8 Å². The zero-order valence-corrected chi connectivity index (χ0v) is 13.6. The molecule has 1 aromatic carbocycles. The Balaban J connectivity index is 2.18. The van der Waals surface area contributed by atoms with E-state index < -0.39 is 29.0 Å². The lowest BCUT2D eigenvalue weighted by Gasteiger charge is -2.12. The van der Waals surface area contributed by atoms with E-state index in [1.165, 1.54) is 31.2 Å². The average molecular weight is 369 g/mol. The molecule has 1 N–H and O–H groups in total. The van der Waals surface area contributed by atoms with E-state index in [-0.39, 0.29) is 22.2 Å². The topological polar surface area (TPSA) is 65.8 Å². The molecule has 0 aliphatic heterocycles. The van der Waals surface area contributed by atoms with Crippen molar-refractivity contribution in [3.63, 3.8) is 0 Å². The number of aryl methyl sites for hydroxylation is 1. The third-order valence-corrected chi connectivity index (χ3v) is 3.99. The van der Waals surface area contributed by atoms with Gasteiger partial charge in [-0.25, -0.2) is 9.37 Å². The lowest BCUT2D eigenvalue weighted by molar-refractivity contribution is -0.138. The second-order valence-corrected chi connectivity index (χ2v) is 5.88. The van der Waals surface area contributed by atoms with E-state index in [0.717, 1.165) is 12.1 Å². The first kappa shape index (κ1) is 18.7. The summed E-state index contributed by atoms with van der Waals surface area (Å²) in [6.07, 6.45) is -4.70. The second kappa shape index (κ2) is 7.53. The van der Waals surface area contributed by atoms with Crippen LogP contribution in [-0.2, 0) is 11.0 Å². The zero-order valence-electron chi connectivity index (χ0n) is 12.8. The van der Waals surface area contributed by atoms with E-state index >= 15 is 0 Å². The molecule has 0 unspecified atom stereocenters. The number of benzene rings is 1. The molecular weight excluding hydrogens is 358 g/mol. The van der Waals surface area contributed by atoms with E-state index in [2.05, 4.69) is 10.3 Å². The molecule has 25 heavy (non-hydrogen) atoms. The van der Waals surface area contributed by atoms with Gasteiger partial charge in [0.15, 0.2) is 0 Å². The molecule has 130 valence electrons. The SMILES string of the molecule is Cc1cc(C(F)(F)F)c(C#N)c(SCC(=O)Nc2ccccc2F)n1. The number of thioether (sulfide) groups is 1. The fourth-order valence-corrected chi connectivity index (χ4v) is 2.81. The fourth-order valence-electron chi connectivity index (χ4n) is 1.96. The number of carbonyl (C=O) groups excluding carboxylic acids is 1. The van der Waals surface area contributed by atoms with Crippen LogP contribution in [0, 0.1) is 24.1 Å². The van der Waals surface area contributed by atoms with Crippen LogP contribution in [0.1, 0.15) is 16.8 Å². The Morgan fingerprint density at radius 1 is 1.36 bits per heavy atom. The highest BCUT2D eigenvalue weighted by Gasteiger charge is 2.35. The summed E-state index contributed by atoms with van der Waals surface area (Å²) in [5.74, 6) is -1.58. The second-order valence-electron chi connectivity index (χ2n) is 4.92. The number of nitrogens with zero attached hydrogens (tertiary/aromatic N) is 2. The Labute approximate surface area is 144 Å². The summed E-state index contributed by atoms with van der Waals surface area (Å²) in [4.78, 5) is 15.8. The normalized spacial score (nSPS) is 11.0. The van der Waals surface area contributed by atoms with Crippen LogP contribution in [0.5, 0.6) is 0 Å². The lowest BCUT2D eigenvalue weighted by atomic mass is 10.1. The molecule has 1 heterocycles. The predicted molar refractivity (Wildman–Crippen MR) is 84.4 cm³/mol. The van der Waals surface area contributed by atoms with Gasteiger partial charge in [0, 0.05) is 5.69 Å². The van der Waals surface area contributed by atoms with Gasteiger partial charge in [-0.15, -0.1) is 0 Å². The molecule has 9 heteroatoms.